The topological polar surface area (TPSA) is 12.9 Å². The molecule has 1 heterocycles. The summed E-state index contributed by atoms with van der Waals surface area (Å²) in [5, 5.41) is 0. The summed E-state index contributed by atoms with van der Waals surface area (Å²) in [4.78, 5) is 4.22. The number of hydrogen-bond acceptors (Lipinski definition) is 1. The first-order valence-corrected chi connectivity index (χ1v) is 5.37. The molecule has 1 aromatic heterocycles. The van der Waals surface area contributed by atoms with Gasteiger partial charge < -0.3 is 0 Å². The Bertz CT molecular complexity index is 198. The summed E-state index contributed by atoms with van der Waals surface area (Å²) < 4.78 is 1.27. The van der Waals surface area contributed by atoms with Gasteiger partial charge in [0.15, 0.2) is 0 Å². The number of aryl methyl sites for hydroxylation is 1. The Kier molecular flexibility index (Phi) is 2.26. The molecule has 48 valence electrons. The van der Waals surface area contributed by atoms with Crippen LogP contribution in [0.25, 0.3) is 0 Å². The van der Waals surface area contributed by atoms with Crippen LogP contribution in [-0.4, -0.2) is 19.9 Å². The first-order valence-electron chi connectivity index (χ1n) is 2.80. The standard InChI is InChI=1S/C7H9NSe/c1-6-4-3-5-8-7(6)9-2/h3-5H,1-2H3. The van der Waals surface area contributed by atoms with Gasteiger partial charge in [0.2, 0.25) is 0 Å². The molecule has 0 aliphatic heterocycles. The van der Waals surface area contributed by atoms with Gasteiger partial charge in [-0.3, -0.25) is 0 Å². The Morgan fingerprint density at radius 1 is 1.56 bits per heavy atom. The molecule has 0 saturated carbocycles. The zero-order valence-corrected chi connectivity index (χ0v) is 7.30. The molecular weight excluding hydrogens is 177 g/mol. The summed E-state index contributed by atoms with van der Waals surface area (Å²) in [6.07, 6.45) is 1.85. The van der Waals surface area contributed by atoms with Gasteiger partial charge in [0.05, 0.1) is 0 Å². The van der Waals surface area contributed by atoms with Crippen molar-refractivity contribution < 1.29 is 0 Å². The van der Waals surface area contributed by atoms with Crippen molar-refractivity contribution in [3.63, 3.8) is 0 Å². The van der Waals surface area contributed by atoms with E-state index in [9.17, 15) is 0 Å². The van der Waals surface area contributed by atoms with Crippen LogP contribution in [-0.2, 0) is 0 Å². The van der Waals surface area contributed by atoms with E-state index in [2.05, 4.69) is 23.8 Å². The van der Waals surface area contributed by atoms with Gasteiger partial charge >= 0.3 is 61.2 Å². The molecule has 1 aromatic rings. The van der Waals surface area contributed by atoms with Gasteiger partial charge in [-0.05, 0) is 0 Å². The molecule has 0 radical (unpaired) electrons. The van der Waals surface area contributed by atoms with Crippen LogP contribution >= 0.6 is 0 Å². The molecule has 1 nitrogen and oxygen atoms in total. The summed E-state index contributed by atoms with van der Waals surface area (Å²) in [5.41, 5.74) is 1.32. The third-order valence-corrected chi connectivity index (χ3v) is 2.86. The number of pyridine rings is 1. The fourth-order valence-corrected chi connectivity index (χ4v) is 1.85. The van der Waals surface area contributed by atoms with Crippen LogP contribution in [0.3, 0.4) is 0 Å². The number of nitrogens with zero attached hydrogens (tertiary/aromatic N) is 1. The van der Waals surface area contributed by atoms with E-state index >= 15 is 0 Å². The number of aromatic nitrogens is 1. The van der Waals surface area contributed by atoms with Crippen molar-refractivity contribution in [2.24, 2.45) is 0 Å². The van der Waals surface area contributed by atoms with E-state index < -0.39 is 0 Å². The van der Waals surface area contributed by atoms with E-state index in [1.54, 1.807) is 0 Å². The first kappa shape index (κ1) is 6.78. The Labute approximate surface area is 61.7 Å². The Hall–Kier alpha value is -0.331. The van der Waals surface area contributed by atoms with Crippen molar-refractivity contribution in [3.05, 3.63) is 23.9 Å². The third-order valence-electron chi connectivity index (χ3n) is 1.15. The van der Waals surface area contributed by atoms with Gasteiger partial charge in [-0.15, -0.1) is 0 Å². The summed E-state index contributed by atoms with van der Waals surface area (Å²) in [7, 11) is 0. The van der Waals surface area contributed by atoms with Crippen LogP contribution < -0.4 is 4.59 Å². The Balaban J connectivity index is 3.01. The summed E-state index contributed by atoms with van der Waals surface area (Å²) in [6.45, 7) is 2.10. The van der Waals surface area contributed by atoms with E-state index in [0.717, 1.165) is 0 Å². The molecule has 0 aliphatic carbocycles. The van der Waals surface area contributed by atoms with Gasteiger partial charge in [0, 0.05) is 0 Å². The molecule has 1 rings (SSSR count). The summed E-state index contributed by atoms with van der Waals surface area (Å²) in [6, 6.07) is 4.08. The quantitative estimate of drug-likeness (QED) is 0.590. The SMILES string of the molecule is C[Se]c1ncccc1C. The zero-order chi connectivity index (χ0) is 6.69. The fourth-order valence-electron chi connectivity index (χ4n) is 0.685. The molecule has 0 saturated heterocycles. The van der Waals surface area contributed by atoms with Crippen LogP contribution in [0.15, 0.2) is 18.3 Å². The van der Waals surface area contributed by atoms with Crippen molar-refractivity contribution in [1.82, 2.24) is 4.98 Å². The third kappa shape index (κ3) is 1.54. The monoisotopic (exact) mass is 187 g/mol. The van der Waals surface area contributed by atoms with Crippen molar-refractivity contribution in [1.29, 1.82) is 0 Å². The molecule has 0 aliphatic rings. The van der Waals surface area contributed by atoms with Gasteiger partial charge in [-0.1, -0.05) is 0 Å². The average molecular weight is 186 g/mol. The molecule has 0 atom stereocenters. The van der Waals surface area contributed by atoms with E-state index in [1.807, 2.05) is 12.3 Å². The second kappa shape index (κ2) is 3.00. The molecule has 0 amide bonds. The van der Waals surface area contributed by atoms with Crippen LogP contribution in [0.4, 0.5) is 0 Å². The van der Waals surface area contributed by atoms with Gasteiger partial charge in [0.25, 0.3) is 0 Å². The van der Waals surface area contributed by atoms with Crippen LogP contribution in [0, 0.1) is 6.92 Å². The predicted octanol–water partition coefficient (Wildman–Crippen LogP) is 0.768. The molecule has 9 heavy (non-hydrogen) atoms. The van der Waals surface area contributed by atoms with E-state index in [0.29, 0.717) is 15.0 Å². The minimum absolute atomic E-state index is 0.547. The molecule has 0 spiro atoms. The minimum atomic E-state index is 0.547. The van der Waals surface area contributed by atoms with Crippen molar-refractivity contribution in [2.45, 2.75) is 12.7 Å². The first-order chi connectivity index (χ1) is 4.34. The fraction of sp³-hybridized carbons (Fsp3) is 0.286. The second-order valence-corrected chi connectivity index (χ2v) is 3.50. The average Bonchev–Trinajstić information content (AvgIpc) is 1.89. The summed E-state index contributed by atoms with van der Waals surface area (Å²) in [5.74, 6) is 2.18. The molecule has 0 N–H and O–H groups in total. The Morgan fingerprint density at radius 2 is 2.33 bits per heavy atom. The molecule has 0 unspecified atom stereocenters. The van der Waals surface area contributed by atoms with E-state index in [1.165, 1.54) is 10.2 Å². The van der Waals surface area contributed by atoms with Crippen molar-refractivity contribution >= 4 is 19.5 Å². The molecule has 0 fully saturated rings. The number of rotatable bonds is 1. The predicted molar refractivity (Wildman–Crippen MR) is 40.2 cm³/mol. The van der Waals surface area contributed by atoms with Gasteiger partial charge in [-0.2, -0.15) is 0 Å². The molecule has 0 aromatic carbocycles. The Morgan fingerprint density at radius 3 is 2.78 bits per heavy atom. The van der Waals surface area contributed by atoms with Gasteiger partial charge in [-0.25, -0.2) is 0 Å². The number of hydrogen-bond donors (Lipinski definition) is 0. The molecular formula is C7H9NSe. The zero-order valence-electron chi connectivity index (χ0n) is 5.59. The maximum absolute atomic E-state index is 4.22. The van der Waals surface area contributed by atoms with Crippen LogP contribution in [0.1, 0.15) is 5.56 Å². The van der Waals surface area contributed by atoms with Crippen molar-refractivity contribution in [2.75, 3.05) is 0 Å². The second-order valence-electron chi connectivity index (χ2n) is 1.83. The normalized spacial score (nSPS) is 9.56. The van der Waals surface area contributed by atoms with Crippen LogP contribution in [0.2, 0.25) is 5.82 Å². The van der Waals surface area contributed by atoms with Crippen LogP contribution in [0.5, 0.6) is 0 Å². The van der Waals surface area contributed by atoms with Crippen molar-refractivity contribution in [3.8, 4) is 0 Å². The maximum atomic E-state index is 4.22. The van der Waals surface area contributed by atoms with Gasteiger partial charge in [0.1, 0.15) is 0 Å². The van der Waals surface area contributed by atoms with E-state index in [-0.39, 0.29) is 0 Å². The summed E-state index contributed by atoms with van der Waals surface area (Å²) >= 11 is 0.547. The van der Waals surface area contributed by atoms with E-state index in [4.69, 9.17) is 0 Å². The molecule has 2 heteroatoms. The molecule has 0 bridgehead atoms.